The van der Waals surface area contributed by atoms with Crippen LogP contribution in [0.4, 0.5) is 0 Å². The van der Waals surface area contributed by atoms with Crippen molar-refractivity contribution in [1.82, 2.24) is 0 Å². The molecule has 1 fully saturated rings. The third-order valence-electron chi connectivity index (χ3n) is 4.99. The van der Waals surface area contributed by atoms with Crippen LogP contribution >= 0.6 is 0 Å². The van der Waals surface area contributed by atoms with Crippen LogP contribution in [0, 0.1) is 12.3 Å². The Morgan fingerprint density at radius 3 is 2.55 bits per heavy atom. The minimum absolute atomic E-state index is 0.0944. The summed E-state index contributed by atoms with van der Waals surface area (Å²) in [7, 11) is 0. The highest BCUT2D eigenvalue weighted by molar-refractivity contribution is 6.02. The van der Waals surface area contributed by atoms with Crippen LogP contribution in [0.2, 0.25) is 0 Å². The van der Waals surface area contributed by atoms with Gasteiger partial charge in [-0.05, 0) is 38.2 Å². The highest BCUT2D eigenvalue weighted by atomic mass is 16.5. The van der Waals surface area contributed by atoms with Gasteiger partial charge in [0.15, 0.2) is 5.72 Å². The second-order valence-electron chi connectivity index (χ2n) is 6.96. The molecule has 1 aromatic rings. The van der Waals surface area contributed by atoms with E-state index in [-0.39, 0.29) is 11.1 Å². The van der Waals surface area contributed by atoms with Crippen LogP contribution in [0.1, 0.15) is 57.6 Å². The molecule has 2 atom stereocenters. The largest absolute Gasteiger partial charge is 0.350 e. The lowest BCUT2D eigenvalue weighted by molar-refractivity contribution is -0.0984. The van der Waals surface area contributed by atoms with Crippen LogP contribution in [0.5, 0.6) is 0 Å². The minimum Gasteiger partial charge on any atom is -0.350 e. The lowest BCUT2D eigenvalue weighted by atomic mass is 9.78. The number of aliphatic imine (C=N–C) groups is 1. The molecule has 0 N–H and O–H groups in total. The van der Waals surface area contributed by atoms with Crippen LogP contribution in [0.25, 0.3) is 0 Å². The highest BCUT2D eigenvalue weighted by Gasteiger charge is 2.55. The topological polar surface area (TPSA) is 21.6 Å². The standard InChI is InChI=1S/C18H25NO/c1-5-15-10-11-18(20-15)17(3,4)12-16(19-18)14-8-6-13(2)7-9-14/h6-9,15H,5,10-12H2,1-4H3. The van der Waals surface area contributed by atoms with Gasteiger partial charge in [0, 0.05) is 11.1 Å². The molecule has 2 nitrogen and oxygen atoms in total. The summed E-state index contributed by atoms with van der Waals surface area (Å²) in [5.74, 6) is 0. The van der Waals surface area contributed by atoms with Gasteiger partial charge in [-0.25, -0.2) is 0 Å². The maximum absolute atomic E-state index is 6.36. The van der Waals surface area contributed by atoms with Crippen molar-refractivity contribution in [2.75, 3.05) is 0 Å². The van der Waals surface area contributed by atoms with Gasteiger partial charge >= 0.3 is 0 Å². The lowest BCUT2D eigenvalue weighted by Gasteiger charge is -2.35. The molecule has 2 aliphatic rings. The molecule has 2 heteroatoms. The monoisotopic (exact) mass is 271 g/mol. The Labute approximate surface area is 122 Å². The van der Waals surface area contributed by atoms with E-state index in [1.165, 1.54) is 16.8 Å². The fourth-order valence-corrected chi connectivity index (χ4v) is 3.50. The summed E-state index contributed by atoms with van der Waals surface area (Å²) < 4.78 is 6.36. The Hall–Kier alpha value is -1.15. The third-order valence-corrected chi connectivity index (χ3v) is 4.99. The third kappa shape index (κ3) is 2.10. The predicted molar refractivity (Wildman–Crippen MR) is 83.2 cm³/mol. The first-order chi connectivity index (χ1) is 9.46. The normalized spacial score (nSPS) is 31.8. The molecule has 2 unspecified atom stereocenters. The number of benzene rings is 1. The summed E-state index contributed by atoms with van der Waals surface area (Å²) in [4.78, 5) is 5.06. The van der Waals surface area contributed by atoms with Crippen LogP contribution in [-0.4, -0.2) is 17.5 Å². The first-order valence-corrected chi connectivity index (χ1v) is 7.79. The average Bonchev–Trinajstić information content (AvgIpc) is 2.94. The summed E-state index contributed by atoms with van der Waals surface area (Å²) in [6.45, 7) is 8.93. The lowest BCUT2D eigenvalue weighted by Crippen LogP contribution is -2.39. The average molecular weight is 271 g/mol. The maximum atomic E-state index is 6.36. The molecule has 0 aromatic heterocycles. The highest BCUT2D eigenvalue weighted by Crippen LogP contribution is 2.52. The fourth-order valence-electron chi connectivity index (χ4n) is 3.50. The van der Waals surface area contributed by atoms with E-state index in [9.17, 15) is 0 Å². The molecule has 2 heterocycles. The van der Waals surface area contributed by atoms with Crippen molar-refractivity contribution in [3.63, 3.8) is 0 Å². The number of nitrogens with zero attached hydrogens (tertiary/aromatic N) is 1. The van der Waals surface area contributed by atoms with Gasteiger partial charge < -0.3 is 4.74 Å². The zero-order chi connectivity index (χ0) is 14.4. The van der Waals surface area contributed by atoms with Crippen molar-refractivity contribution < 1.29 is 4.74 Å². The van der Waals surface area contributed by atoms with Gasteiger partial charge in [-0.3, -0.25) is 4.99 Å². The van der Waals surface area contributed by atoms with Crippen molar-refractivity contribution in [2.24, 2.45) is 10.4 Å². The summed E-state index contributed by atoms with van der Waals surface area (Å²) in [5, 5.41) is 0. The van der Waals surface area contributed by atoms with Crippen molar-refractivity contribution in [2.45, 2.75) is 65.2 Å². The molecule has 1 saturated heterocycles. The summed E-state index contributed by atoms with van der Waals surface area (Å²) in [6, 6.07) is 8.71. The first-order valence-electron chi connectivity index (χ1n) is 7.79. The molecule has 1 spiro atoms. The van der Waals surface area contributed by atoms with E-state index < -0.39 is 0 Å². The Bertz CT molecular complexity index is 529. The molecule has 20 heavy (non-hydrogen) atoms. The summed E-state index contributed by atoms with van der Waals surface area (Å²) >= 11 is 0. The van der Waals surface area contributed by atoms with Crippen LogP contribution in [0.15, 0.2) is 29.3 Å². The molecular weight excluding hydrogens is 246 g/mol. The molecule has 0 aliphatic carbocycles. The van der Waals surface area contributed by atoms with Gasteiger partial charge in [0.1, 0.15) is 0 Å². The summed E-state index contributed by atoms with van der Waals surface area (Å²) in [5.41, 5.74) is 3.57. The fraction of sp³-hybridized carbons (Fsp3) is 0.611. The van der Waals surface area contributed by atoms with E-state index in [0.717, 1.165) is 25.7 Å². The molecule has 3 rings (SSSR count). The molecule has 0 bridgehead atoms. The maximum Gasteiger partial charge on any atom is 0.165 e. The van der Waals surface area contributed by atoms with E-state index in [1.54, 1.807) is 0 Å². The number of aryl methyl sites for hydroxylation is 1. The molecule has 2 aliphatic heterocycles. The molecule has 108 valence electrons. The SMILES string of the molecule is CCC1CCC2(N=C(c3ccc(C)cc3)CC2(C)C)O1. The van der Waals surface area contributed by atoms with Crippen molar-refractivity contribution in [3.05, 3.63) is 35.4 Å². The first kappa shape index (κ1) is 13.8. The van der Waals surface area contributed by atoms with Gasteiger partial charge in [-0.1, -0.05) is 50.6 Å². The number of ether oxygens (including phenoxy) is 1. The van der Waals surface area contributed by atoms with Crippen LogP contribution < -0.4 is 0 Å². The molecule has 0 radical (unpaired) electrons. The molecule has 0 saturated carbocycles. The number of hydrogen-bond acceptors (Lipinski definition) is 2. The van der Waals surface area contributed by atoms with Crippen molar-refractivity contribution >= 4 is 5.71 Å². The molecular formula is C18H25NO. The molecule has 1 aromatic carbocycles. The zero-order valence-corrected chi connectivity index (χ0v) is 13.1. The van der Waals surface area contributed by atoms with Crippen molar-refractivity contribution in [3.8, 4) is 0 Å². The van der Waals surface area contributed by atoms with E-state index in [2.05, 4.69) is 52.0 Å². The van der Waals surface area contributed by atoms with Crippen LogP contribution in [-0.2, 0) is 4.74 Å². The quantitative estimate of drug-likeness (QED) is 0.776. The van der Waals surface area contributed by atoms with Gasteiger partial charge in [0.2, 0.25) is 0 Å². The summed E-state index contributed by atoms with van der Waals surface area (Å²) in [6.07, 6.45) is 4.69. The Balaban J connectivity index is 1.93. The van der Waals surface area contributed by atoms with Gasteiger partial charge in [0.05, 0.1) is 6.10 Å². The van der Waals surface area contributed by atoms with Crippen LogP contribution in [0.3, 0.4) is 0 Å². The second kappa shape index (κ2) is 4.70. The van der Waals surface area contributed by atoms with E-state index in [4.69, 9.17) is 9.73 Å². The zero-order valence-electron chi connectivity index (χ0n) is 13.1. The van der Waals surface area contributed by atoms with E-state index in [0.29, 0.717) is 6.10 Å². The Morgan fingerprint density at radius 2 is 1.95 bits per heavy atom. The Kier molecular flexibility index (Phi) is 3.24. The molecule has 0 amide bonds. The van der Waals surface area contributed by atoms with Gasteiger partial charge in [-0.2, -0.15) is 0 Å². The predicted octanol–water partition coefficient (Wildman–Crippen LogP) is 4.50. The van der Waals surface area contributed by atoms with E-state index in [1.807, 2.05) is 0 Å². The smallest absolute Gasteiger partial charge is 0.165 e. The van der Waals surface area contributed by atoms with E-state index >= 15 is 0 Å². The second-order valence-corrected chi connectivity index (χ2v) is 6.96. The minimum atomic E-state index is -0.284. The van der Waals surface area contributed by atoms with Crippen molar-refractivity contribution in [1.29, 1.82) is 0 Å². The number of rotatable bonds is 2. The van der Waals surface area contributed by atoms with Gasteiger partial charge in [0.25, 0.3) is 0 Å². The number of hydrogen-bond donors (Lipinski definition) is 0. The Morgan fingerprint density at radius 1 is 1.25 bits per heavy atom. The van der Waals surface area contributed by atoms with Gasteiger partial charge in [-0.15, -0.1) is 0 Å².